The Hall–Kier alpha value is -2.90. The molecule has 0 saturated heterocycles. The summed E-state index contributed by atoms with van der Waals surface area (Å²) in [6.07, 6.45) is 4.57. The first-order valence-corrected chi connectivity index (χ1v) is 11.3. The molecular formula is C24H34N4O4. The van der Waals surface area contributed by atoms with Crippen molar-refractivity contribution in [3.8, 4) is 5.75 Å². The Bertz CT molecular complexity index is 886. The number of nitrogens with zero attached hydrogens (tertiary/aromatic N) is 2. The molecule has 32 heavy (non-hydrogen) atoms. The molecule has 1 fully saturated rings. The third-order valence-electron chi connectivity index (χ3n) is 5.39. The van der Waals surface area contributed by atoms with E-state index in [1.54, 1.807) is 4.90 Å². The zero-order valence-corrected chi connectivity index (χ0v) is 19.4. The summed E-state index contributed by atoms with van der Waals surface area (Å²) in [6.45, 7) is 8.42. The van der Waals surface area contributed by atoms with Crippen LogP contribution in [0.25, 0.3) is 0 Å². The van der Waals surface area contributed by atoms with Gasteiger partial charge >= 0.3 is 12.0 Å². The van der Waals surface area contributed by atoms with Gasteiger partial charge in [-0.2, -0.15) is 0 Å². The number of carbonyl (C=O) groups is 2. The number of urea groups is 1. The number of amides is 2. The number of ether oxygens (including phenoxy) is 2. The Kier molecular flexibility index (Phi) is 7.53. The number of nitrogens with one attached hydrogen (secondary N) is 2. The summed E-state index contributed by atoms with van der Waals surface area (Å²) in [5, 5.41) is 10.8. The van der Waals surface area contributed by atoms with E-state index in [-0.39, 0.29) is 18.5 Å². The maximum atomic E-state index is 12.6. The predicted molar refractivity (Wildman–Crippen MR) is 125 cm³/mol. The molecule has 0 aromatic heterocycles. The average Bonchev–Trinajstić information content (AvgIpc) is 3.54. The van der Waals surface area contributed by atoms with Gasteiger partial charge in [0.25, 0.3) is 0 Å². The molecule has 0 radical (unpaired) electrons. The van der Waals surface area contributed by atoms with E-state index >= 15 is 0 Å². The Labute approximate surface area is 189 Å². The van der Waals surface area contributed by atoms with Crippen LogP contribution in [0.3, 0.4) is 0 Å². The number of esters is 1. The number of hydrogen-bond donors (Lipinski definition) is 2. The van der Waals surface area contributed by atoms with Gasteiger partial charge in [0.1, 0.15) is 17.9 Å². The first kappa shape index (κ1) is 23.8. The van der Waals surface area contributed by atoms with Crippen LogP contribution in [0, 0.1) is 5.41 Å². The Morgan fingerprint density at radius 3 is 2.69 bits per heavy atom. The molecule has 0 bridgehead atoms. The van der Waals surface area contributed by atoms with Crippen molar-refractivity contribution in [1.82, 2.24) is 5.32 Å². The fraction of sp³-hybridized carbons (Fsp3) is 0.583. The molecule has 2 aliphatic rings. The van der Waals surface area contributed by atoms with Crippen molar-refractivity contribution in [2.24, 2.45) is 4.99 Å². The predicted octanol–water partition coefficient (Wildman–Crippen LogP) is 4.07. The van der Waals surface area contributed by atoms with E-state index in [0.29, 0.717) is 31.3 Å². The van der Waals surface area contributed by atoms with E-state index in [2.05, 4.69) is 10.3 Å². The van der Waals surface area contributed by atoms with Crippen LogP contribution in [0.5, 0.6) is 5.75 Å². The van der Waals surface area contributed by atoms with Crippen LogP contribution < -0.4 is 15.0 Å². The van der Waals surface area contributed by atoms with Crippen LogP contribution >= 0.6 is 0 Å². The highest BCUT2D eigenvalue weighted by atomic mass is 16.6. The van der Waals surface area contributed by atoms with Crippen molar-refractivity contribution in [2.45, 2.75) is 70.9 Å². The fourth-order valence-corrected chi connectivity index (χ4v) is 3.72. The number of fused-ring (bicyclic) bond motifs is 1. The van der Waals surface area contributed by atoms with Crippen molar-refractivity contribution in [3.63, 3.8) is 0 Å². The number of aliphatic imine (C=N–C) groups is 1. The topological polar surface area (TPSA) is 104 Å². The van der Waals surface area contributed by atoms with Gasteiger partial charge in [0.15, 0.2) is 0 Å². The van der Waals surface area contributed by atoms with Crippen molar-refractivity contribution >= 4 is 29.6 Å². The molecule has 1 saturated carbocycles. The summed E-state index contributed by atoms with van der Waals surface area (Å²) in [5.74, 6) is 0.467. The fourth-order valence-electron chi connectivity index (χ4n) is 3.72. The molecule has 1 atom stereocenters. The Balaban J connectivity index is 1.74. The van der Waals surface area contributed by atoms with Crippen molar-refractivity contribution in [1.29, 1.82) is 5.41 Å². The van der Waals surface area contributed by atoms with E-state index in [1.807, 2.05) is 45.9 Å². The van der Waals surface area contributed by atoms with Gasteiger partial charge in [-0.05, 0) is 83.1 Å². The van der Waals surface area contributed by atoms with E-state index in [4.69, 9.17) is 14.9 Å². The molecule has 1 aromatic rings. The summed E-state index contributed by atoms with van der Waals surface area (Å²) in [6, 6.07) is 6.03. The van der Waals surface area contributed by atoms with Crippen molar-refractivity contribution < 1.29 is 19.1 Å². The molecule has 2 N–H and O–H groups in total. The standard InChI is InChI=1S/C24H34N4O4/c1-5-28(23(30)27-17-6-7-17)19-8-9-21-20(13-19)16(10-11-31-21)12-18(14-25)26-15-22(29)32-24(2,3)4/h8-9,13-14,16-17,25H,5-7,10-12,15H2,1-4H3,(H,27,30). The monoisotopic (exact) mass is 442 g/mol. The van der Waals surface area contributed by atoms with E-state index in [9.17, 15) is 9.59 Å². The average molecular weight is 443 g/mol. The molecule has 1 heterocycles. The largest absolute Gasteiger partial charge is 0.493 e. The molecule has 1 unspecified atom stereocenters. The number of hydrogen-bond acceptors (Lipinski definition) is 6. The lowest BCUT2D eigenvalue weighted by atomic mass is 9.88. The highest BCUT2D eigenvalue weighted by Gasteiger charge is 2.28. The number of anilines is 1. The summed E-state index contributed by atoms with van der Waals surface area (Å²) in [5.41, 5.74) is 1.79. The molecule has 0 spiro atoms. The summed E-state index contributed by atoms with van der Waals surface area (Å²) in [7, 11) is 0. The number of carbonyl (C=O) groups excluding carboxylic acids is 2. The van der Waals surface area contributed by atoms with Crippen molar-refractivity contribution in [2.75, 3.05) is 24.6 Å². The maximum absolute atomic E-state index is 12.6. The van der Waals surface area contributed by atoms with Gasteiger partial charge in [-0.15, -0.1) is 0 Å². The zero-order valence-electron chi connectivity index (χ0n) is 19.4. The second-order valence-electron chi connectivity index (χ2n) is 9.27. The lowest BCUT2D eigenvalue weighted by molar-refractivity contribution is -0.152. The number of rotatable bonds is 8. The van der Waals surface area contributed by atoms with E-state index in [1.165, 1.54) is 6.21 Å². The van der Waals surface area contributed by atoms with Gasteiger partial charge in [-0.1, -0.05) is 0 Å². The SMILES string of the molecule is CCN(C(=O)NC1CC1)c1ccc2c(c1)C(CC(C=N)=NCC(=O)OC(C)(C)C)CCO2. The van der Waals surface area contributed by atoms with Crippen LogP contribution in [0.1, 0.15) is 64.9 Å². The van der Waals surface area contributed by atoms with E-state index < -0.39 is 11.6 Å². The molecule has 8 nitrogen and oxygen atoms in total. The van der Waals surface area contributed by atoms with Crippen LogP contribution in [-0.2, 0) is 9.53 Å². The zero-order chi connectivity index (χ0) is 23.3. The maximum Gasteiger partial charge on any atom is 0.328 e. The third-order valence-corrected chi connectivity index (χ3v) is 5.39. The minimum absolute atomic E-state index is 0.0812. The van der Waals surface area contributed by atoms with E-state index in [0.717, 1.165) is 36.3 Å². The Morgan fingerprint density at radius 1 is 1.31 bits per heavy atom. The second-order valence-corrected chi connectivity index (χ2v) is 9.27. The normalized spacial score (nSPS) is 18.2. The van der Waals surface area contributed by atoms with Gasteiger partial charge < -0.3 is 20.2 Å². The van der Waals surface area contributed by atoms with Crippen LogP contribution in [0.2, 0.25) is 0 Å². The molecule has 1 aliphatic heterocycles. The van der Waals surface area contributed by atoms with Gasteiger partial charge in [0.05, 0.1) is 12.3 Å². The van der Waals surface area contributed by atoms with Crippen LogP contribution in [0.15, 0.2) is 23.2 Å². The lowest BCUT2D eigenvalue weighted by Gasteiger charge is -2.29. The highest BCUT2D eigenvalue weighted by molar-refractivity contribution is 6.29. The van der Waals surface area contributed by atoms with Crippen LogP contribution in [-0.4, -0.2) is 55.3 Å². The summed E-state index contributed by atoms with van der Waals surface area (Å²) in [4.78, 5) is 30.7. The molecule has 2 amide bonds. The first-order chi connectivity index (χ1) is 15.2. The van der Waals surface area contributed by atoms with Crippen molar-refractivity contribution in [3.05, 3.63) is 23.8 Å². The minimum atomic E-state index is -0.565. The minimum Gasteiger partial charge on any atom is -0.493 e. The van der Waals surface area contributed by atoms with Crippen LogP contribution in [0.4, 0.5) is 10.5 Å². The smallest absolute Gasteiger partial charge is 0.328 e. The Morgan fingerprint density at radius 2 is 2.06 bits per heavy atom. The van der Waals surface area contributed by atoms with Gasteiger partial charge in [-0.25, -0.2) is 4.79 Å². The molecule has 174 valence electrons. The molecular weight excluding hydrogens is 408 g/mol. The molecule has 3 rings (SSSR count). The first-order valence-electron chi connectivity index (χ1n) is 11.3. The molecule has 1 aromatic carbocycles. The molecule has 1 aliphatic carbocycles. The summed E-state index contributed by atoms with van der Waals surface area (Å²) < 4.78 is 11.1. The number of benzene rings is 1. The van der Waals surface area contributed by atoms with Gasteiger partial charge in [0.2, 0.25) is 0 Å². The molecule has 8 heteroatoms. The highest BCUT2D eigenvalue weighted by Crippen LogP contribution is 2.38. The van der Waals surface area contributed by atoms with Gasteiger partial charge in [0, 0.05) is 24.5 Å². The second kappa shape index (κ2) is 10.1. The third kappa shape index (κ3) is 6.55. The quantitative estimate of drug-likeness (QED) is 0.468. The lowest BCUT2D eigenvalue weighted by Crippen LogP contribution is -2.41. The van der Waals surface area contributed by atoms with Gasteiger partial charge in [-0.3, -0.25) is 14.7 Å². The summed E-state index contributed by atoms with van der Waals surface area (Å²) >= 11 is 0.